The van der Waals surface area contributed by atoms with Crippen LogP contribution in [0.3, 0.4) is 0 Å². The summed E-state index contributed by atoms with van der Waals surface area (Å²) < 4.78 is 0. The molecule has 150 valence electrons. The van der Waals surface area contributed by atoms with Crippen LogP contribution >= 0.6 is 11.6 Å². The van der Waals surface area contributed by atoms with Gasteiger partial charge in [-0.15, -0.1) is 0 Å². The Kier molecular flexibility index (Phi) is 5.58. The largest absolute Gasteiger partial charge is 0.342 e. The summed E-state index contributed by atoms with van der Waals surface area (Å²) in [5.41, 5.74) is 0.745. The Balaban J connectivity index is 1.34. The molecule has 1 aromatic rings. The predicted molar refractivity (Wildman–Crippen MR) is 107 cm³/mol. The molecule has 0 saturated carbocycles. The Labute approximate surface area is 170 Å². The molecule has 4 rings (SSSR count). The first kappa shape index (κ1) is 19.2. The maximum absolute atomic E-state index is 13.0. The predicted octanol–water partition coefficient (Wildman–Crippen LogP) is 2.70. The van der Waals surface area contributed by atoms with Gasteiger partial charge in [0.2, 0.25) is 17.7 Å². The molecule has 3 saturated heterocycles. The number of carbonyl (C=O) groups is 3. The highest BCUT2D eigenvalue weighted by molar-refractivity contribution is 6.31. The molecular weight excluding hydrogens is 378 g/mol. The summed E-state index contributed by atoms with van der Waals surface area (Å²) in [5, 5.41) is 0.578. The van der Waals surface area contributed by atoms with Gasteiger partial charge in [0.05, 0.1) is 5.92 Å². The average molecular weight is 404 g/mol. The molecule has 1 aromatic carbocycles. The number of carbonyl (C=O) groups excluding carboxylic acids is 3. The van der Waals surface area contributed by atoms with E-state index in [0.29, 0.717) is 31.1 Å². The molecule has 0 unspecified atom stereocenters. The second kappa shape index (κ2) is 8.11. The maximum atomic E-state index is 13.0. The SMILES string of the molecule is O=C([C@H]1CC(=O)N(c2cccc(Cl)c2)C1)N1CCC(N2CCCCC2=O)CC1. The first-order chi connectivity index (χ1) is 13.5. The van der Waals surface area contributed by atoms with E-state index in [9.17, 15) is 14.4 Å². The third-order valence-corrected chi connectivity index (χ3v) is 6.41. The van der Waals surface area contributed by atoms with E-state index in [1.54, 1.807) is 17.0 Å². The van der Waals surface area contributed by atoms with Gasteiger partial charge in [-0.25, -0.2) is 0 Å². The van der Waals surface area contributed by atoms with Gasteiger partial charge in [0.1, 0.15) is 0 Å². The molecule has 0 N–H and O–H groups in total. The lowest BCUT2D eigenvalue weighted by Gasteiger charge is -2.40. The van der Waals surface area contributed by atoms with Gasteiger partial charge in [0.25, 0.3) is 0 Å². The fraction of sp³-hybridized carbons (Fsp3) is 0.571. The quantitative estimate of drug-likeness (QED) is 0.779. The van der Waals surface area contributed by atoms with Gasteiger partial charge in [-0.1, -0.05) is 17.7 Å². The molecule has 3 amide bonds. The van der Waals surface area contributed by atoms with Crippen molar-refractivity contribution >= 4 is 35.0 Å². The topological polar surface area (TPSA) is 60.9 Å². The van der Waals surface area contributed by atoms with Crippen molar-refractivity contribution in [2.24, 2.45) is 5.92 Å². The Morgan fingerprint density at radius 1 is 1.04 bits per heavy atom. The third kappa shape index (κ3) is 3.88. The Morgan fingerprint density at radius 3 is 2.54 bits per heavy atom. The van der Waals surface area contributed by atoms with E-state index in [0.717, 1.165) is 37.9 Å². The number of halogens is 1. The number of hydrogen-bond donors (Lipinski definition) is 0. The van der Waals surface area contributed by atoms with E-state index >= 15 is 0 Å². The summed E-state index contributed by atoms with van der Waals surface area (Å²) in [7, 11) is 0. The maximum Gasteiger partial charge on any atom is 0.228 e. The van der Waals surface area contributed by atoms with Crippen molar-refractivity contribution in [1.82, 2.24) is 9.80 Å². The highest BCUT2D eigenvalue weighted by Crippen LogP contribution is 2.29. The smallest absolute Gasteiger partial charge is 0.228 e. The normalized spacial score (nSPS) is 24.2. The van der Waals surface area contributed by atoms with Gasteiger partial charge in [-0.2, -0.15) is 0 Å². The highest BCUT2D eigenvalue weighted by Gasteiger charge is 2.39. The van der Waals surface area contributed by atoms with Gasteiger partial charge < -0.3 is 14.7 Å². The molecule has 0 aromatic heterocycles. The van der Waals surface area contributed by atoms with E-state index in [4.69, 9.17) is 11.6 Å². The fourth-order valence-electron chi connectivity index (χ4n) is 4.64. The van der Waals surface area contributed by atoms with E-state index in [1.807, 2.05) is 21.9 Å². The molecule has 0 radical (unpaired) electrons. The molecular formula is C21H26ClN3O3. The number of benzene rings is 1. The van der Waals surface area contributed by atoms with Gasteiger partial charge in [-0.3, -0.25) is 14.4 Å². The second-order valence-corrected chi connectivity index (χ2v) is 8.42. The van der Waals surface area contributed by atoms with Crippen molar-refractivity contribution in [3.8, 4) is 0 Å². The van der Waals surface area contributed by atoms with Crippen molar-refractivity contribution in [2.75, 3.05) is 31.1 Å². The molecule has 7 heteroatoms. The third-order valence-electron chi connectivity index (χ3n) is 6.17. The van der Waals surface area contributed by atoms with Gasteiger partial charge >= 0.3 is 0 Å². The number of anilines is 1. The first-order valence-electron chi connectivity index (χ1n) is 10.2. The van der Waals surface area contributed by atoms with Gasteiger partial charge in [-0.05, 0) is 43.9 Å². The van der Waals surface area contributed by atoms with E-state index in [2.05, 4.69) is 0 Å². The number of piperidine rings is 2. The standard InChI is InChI=1S/C21H26ClN3O3/c22-16-4-3-5-18(13-16)25-14-15(12-20(25)27)21(28)23-10-7-17(8-11-23)24-9-2-1-6-19(24)26/h3-5,13,15,17H,1-2,6-12,14H2/t15-/m0/s1. The van der Waals surface area contributed by atoms with Crippen molar-refractivity contribution in [1.29, 1.82) is 0 Å². The van der Waals surface area contributed by atoms with Crippen LogP contribution in [0.25, 0.3) is 0 Å². The van der Waals surface area contributed by atoms with E-state index in [1.165, 1.54) is 0 Å². The van der Waals surface area contributed by atoms with Crippen LogP contribution in [0, 0.1) is 5.92 Å². The van der Waals surface area contributed by atoms with E-state index < -0.39 is 0 Å². The van der Waals surface area contributed by atoms with Crippen LogP contribution in [0.5, 0.6) is 0 Å². The summed E-state index contributed by atoms with van der Waals surface area (Å²) in [6.45, 7) is 2.58. The van der Waals surface area contributed by atoms with Crippen LogP contribution in [-0.2, 0) is 14.4 Å². The summed E-state index contributed by atoms with van der Waals surface area (Å²) in [5.74, 6) is -0.0232. The summed E-state index contributed by atoms with van der Waals surface area (Å²) in [4.78, 5) is 43.1. The molecule has 6 nitrogen and oxygen atoms in total. The number of nitrogens with zero attached hydrogens (tertiary/aromatic N) is 3. The molecule has 1 atom stereocenters. The summed E-state index contributed by atoms with van der Waals surface area (Å²) in [6.07, 6.45) is 4.63. The van der Waals surface area contributed by atoms with Crippen molar-refractivity contribution in [3.05, 3.63) is 29.3 Å². The molecule has 3 heterocycles. The van der Waals surface area contributed by atoms with Crippen LogP contribution in [0.1, 0.15) is 38.5 Å². The lowest BCUT2D eigenvalue weighted by molar-refractivity contribution is -0.140. The Bertz CT molecular complexity index is 776. The molecule has 0 spiro atoms. The van der Waals surface area contributed by atoms with Crippen LogP contribution in [0.15, 0.2) is 24.3 Å². The zero-order valence-electron chi connectivity index (χ0n) is 16.0. The first-order valence-corrected chi connectivity index (χ1v) is 10.5. The minimum Gasteiger partial charge on any atom is -0.342 e. The summed E-state index contributed by atoms with van der Waals surface area (Å²) in [6, 6.07) is 7.44. The van der Waals surface area contributed by atoms with Crippen LogP contribution in [0.4, 0.5) is 5.69 Å². The Hall–Kier alpha value is -2.08. The van der Waals surface area contributed by atoms with Gasteiger partial charge in [0.15, 0.2) is 0 Å². The monoisotopic (exact) mass is 403 g/mol. The minimum atomic E-state index is -0.306. The highest BCUT2D eigenvalue weighted by atomic mass is 35.5. The van der Waals surface area contributed by atoms with Crippen molar-refractivity contribution < 1.29 is 14.4 Å². The molecule has 3 aliphatic rings. The average Bonchev–Trinajstić information content (AvgIpc) is 3.10. The van der Waals surface area contributed by atoms with Crippen molar-refractivity contribution in [3.63, 3.8) is 0 Å². The minimum absolute atomic E-state index is 0.0329. The number of likely N-dealkylation sites (tertiary alicyclic amines) is 2. The Morgan fingerprint density at radius 2 is 1.82 bits per heavy atom. The molecule has 0 bridgehead atoms. The molecule has 28 heavy (non-hydrogen) atoms. The number of amides is 3. The molecule has 3 fully saturated rings. The summed E-state index contributed by atoms with van der Waals surface area (Å²) >= 11 is 6.04. The fourth-order valence-corrected chi connectivity index (χ4v) is 4.82. The number of hydrogen-bond acceptors (Lipinski definition) is 3. The van der Waals surface area contributed by atoms with Crippen LogP contribution < -0.4 is 4.90 Å². The second-order valence-electron chi connectivity index (χ2n) is 7.99. The molecule has 3 aliphatic heterocycles. The lowest BCUT2D eigenvalue weighted by atomic mass is 9.98. The van der Waals surface area contributed by atoms with E-state index in [-0.39, 0.29) is 36.1 Å². The zero-order chi connectivity index (χ0) is 19.7. The molecule has 0 aliphatic carbocycles. The zero-order valence-corrected chi connectivity index (χ0v) is 16.7. The van der Waals surface area contributed by atoms with Crippen molar-refractivity contribution in [2.45, 2.75) is 44.6 Å². The lowest BCUT2D eigenvalue weighted by Crippen LogP contribution is -2.51. The van der Waals surface area contributed by atoms with Gasteiger partial charge in [0, 0.05) is 55.8 Å². The number of rotatable bonds is 3. The van der Waals surface area contributed by atoms with Crippen LogP contribution in [0.2, 0.25) is 5.02 Å². The van der Waals surface area contributed by atoms with Crippen LogP contribution in [-0.4, -0.2) is 59.7 Å².